The summed E-state index contributed by atoms with van der Waals surface area (Å²) in [7, 11) is 1.32. The Morgan fingerprint density at radius 1 is 1.06 bits per heavy atom. The summed E-state index contributed by atoms with van der Waals surface area (Å²) in [6, 6.07) is 14.5. The molecule has 2 atom stereocenters. The van der Waals surface area contributed by atoms with E-state index in [1.165, 1.54) is 0 Å². The molecule has 0 saturated carbocycles. The first-order valence-electron chi connectivity index (χ1n) is 17.5. The lowest BCUT2D eigenvalue weighted by atomic mass is 9.79. The second kappa shape index (κ2) is 14.4. The van der Waals surface area contributed by atoms with Crippen molar-refractivity contribution in [3.05, 3.63) is 85.7 Å². The Balaban J connectivity index is 1.63. The molecule has 0 spiro atoms. The topological polar surface area (TPSA) is 122 Å². The van der Waals surface area contributed by atoms with Crippen LogP contribution in [0.4, 0.5) is 11.4 Å². The van der Waals surface area contributed by atoms with E-state index in [-0.39, 0.29) is 28.8 Å². The monoisotopic (exact) mass is 702 g/mol. The summed E-state index contributed by atoms with van der Waals surface area (Å²) in [5, 5.41) is 3.72. The Hall–Kier alpha value is -3.93. The quantitative estimate of drug-likeness (QED) is 0.159. The van der Waals surface area contributed by atoms with E-state index in [1.807, 2.05) is 63.6 Å². The summed E-state index contributed by atoms with van der Waals surface area (Å²) in [5.41, 5.74) is 4.21. The number of rotatable bonds is 13. The molecule has 2 aliphatic rings. The molecule has 2 heterocycles. The average molecular weight is 703 g/mol. The molecule has 1 amide bonds. The predicted octanol–water partition coefficient (Wildman–Crippen LogP) is 2.38. The minimum Gasteiger partial charge on any atom is -0.367 e. The van der Waals surface area contributed by atoms with Gasteiger partial charge in [0.2, 0.25) is 11.6 Å². The van der Waals surface area contributed by atoms with Crippen LogP contribution in [0.2, 0.25) is 0 Å². The molecule has 0 aliphatic carbocycles. The fraction of sp³-hybridized carbons (Fsp3) is 0.487. The van der Waals surface area contributed by atoms with Crippen LogP contribution in [0.25, 0.3) is 12.2 Å². The minimum absolute atomic E-state index is 0.217. The number of nitrogens with one attached hydrogen (secondary N) is 1. The smallest absolute Gasteiger partial charge is 0.267 e. The van der Waals surface area contributed by atoms with Crippen LogP contribution in [0.3, 0.4) is 0 Å². The van der Waals surface area contributed by atoms with Gasteiger partial charge in [0.15, 0.2) is 11.1 Å². The lowest BCUT2D eigenvalue weighted by Crippen LogP contribution is -2.67. The van der Waals surface area contributed by atoms with Crippen LogP contribution < -0.4 is 31.4 Å². The molecule has 50 heavy (non-hydrogen) atoms. The van der Waals surface area contributed by atoms with Gasteiger partial charge in [0, 0.05) is 54.2 Å². The molecule has 5 rings (SSSR count). The molecule has 0 radical (unpaired) electrons. The lowest BCUT2D eigenvalue weighted by molar-refractivity contribution is -0.400. The Labute approximate surface area is 296 Å². The van der Waals surface area contributed by atoms with Crippen LogP contribution in [0.1, 0.15) is 65.0 Å². The van der Waals surface area contributed by atoms with E-state index in [1.54, 1.807) is 0 Å². The van der Waals surface area contributed by atoms with Crippen molar-refractivity contribution in [1.82, 2.24) is 10.2 Å². The number of hydrogen-bond acceptors (Lipinski definition) is 7. The van der Waals surface area contributed by atoms with Gasteiger partial charge in [-0.15, -0.1) is 0 Å². The molecule has 0 saturated heterocycles. The summed E-state index contributed by atoms with van der Waals surface area (Å²) in [6.45, 7) is 12.3. The molecule has 0 fully saturated rings. The standard InChI is InChI=1S/C39H51N5O5S/c1-9-10-15-21-42(6)22-20-40-37(46)30(25-50(47,48)49)41-35-26(23-33-38(2,3)28-16-11-13-18-31(28)43(33)7)36(45)27(35)24-34-39(4,5)29-17-12-14-19-32(29)44(34)8/h11-14,16-19,23-24,30,33H,9-10,15,20-22,25H2,1-8H3,(H-,40,46,47,48,49)/p+1/b26-23-,27-24-,41-35?. The summed E-state index contributed by atoms with van der Waals surface area (Å²) < 4.78 is 36.5. The summed E-state index contributed by atoms with van der Waals surface area (Å²) >= 11 is 0. The Morgan fingerprint density at radius 3 is 2.36 bits per heavy atom. The van der Waals surface area contributed by atoms with Crippen molar-refractivity contribution in [2.24, 2.45) is 4.99 Å². The average Bonchev–Trinajstić information content (AvgIpc) is 3.37. The highest BCUT2D eigenvalue weighted by Crippen LogP contribution is 2.44. The van der Waals surface area contributed by atoms with Crippen LogP contribution in [0, 0.1) is 0 Å². The highest BCUT2D eigenvalue weighted by atomic mass is 32.2. The van der Waals surface area contributed by atoms with E-state index in [2.05, 4.69) is 72.5 Å². The number of para-hydroxylation sites is 2. The van der Waals surface area contributed by atoms with Crippen molar-refractivity contribution in [1.29, 1.82) is 0 Å². The SMILES string of the molecule is CCCCCN(C)CCNC(=O)C(CS(=O)(=O)O)N=c1/c(=C/C2=[N+](C)c3ccccc3C2(C)C)c(=O)/c1=C\C1N(C)c2ccccc2C1(C)C. The lowest BCUT2D eigenvalue weighted by Gasteiger charge is -2.29. The van der Waals surface area contributed by atoms with E-state index in [0.717, 1.165) is 54.0 Å². The predicted molar refractivity (Wildman–Crippen MR) is 201 cm³/mol. The molecule has 11 heteroatoms. The maximum Gasteiger partial charge on any atom is 0.267 e. The first kappa shape index (κ1) is 37.3. The van der Waals surface area contributed by atoms with Gasteiger partial charge in [0.1, 0.15) is 18.8 Å². The summed E-state index contributed by atoms with van der Waals surface area (Å²) in [6.07, 6.45) is 7.00. The van der Waals surface area contributed by atoms with Crippen molar-refractivity contribution in [2.75, 3.05) is 51.4 Å². The van der Waals surface area contributed by atoms with Gasteiger partial charge >= 0.3 is 0 Å². The van der Waals surface area contributed by atoms with Gasteiger partial charge in [-0.1, -0.05) is 70.0 Å². The Bertz CT molecular complexity index is 2130. The van der Waals surface area contributed by atoms with E-state index < -0.39 is 33.2 Å². The number of fused-ring (bicyclic) bond motifs is 2. The molecule has 3 aromatic rings. The third-order valence-electron chi connectivity index (χ3n) is 10.6. The summed E-state index contributed by atoms with van der Waals surface area (Å²) in [5.74, 6) is -1.53. The molecule has 268 valence electrons. The maximum absolute atomic E-state index is 14.2. The van der Waals surface area contributed by atoms with Gasteiger partial charge < -0.3 is 15.1 Å². The third kappa shape index (κ3) is 7.27. The van der Waals surface area contributed by atoms with Gasteiger partial charge in [-0.2, -0.15) is 13.0 Å². The molecule has 2 N–H and O–H groups in total. The molecule has 2 unspecified atom stereocenters. The number of nitrogens with zero attached hydrogens (tertiary/aromatic N) is 4. The van der Waals surface area contributed by atoms with Crippen molar-refractivity contribution in [2.45, 2.75) is 76.8 Å². The number of hydrogen-bond donors (Lipinski definition) is 2. The van der Waals surface area contributed by atoms with E-state index in [4.69, 9.17) is 4.99 Å². The number of carbonyl (C=O) groups is 1. The van der Waals surface area contributed by atoms with Crippen molar-refractivity contribution in [3.63, 3.8) is 0 Å². The van der Waals surface area contributed by atoms with Gasteiger partial charge in [0.05, 0.1) is 22.0 Å². The first-order chi connectivity index (χ1) is 23.5. The van der Waals surface area contributed by atoms with Gasteiger partial charge in [0.25, 0.3) is 10.1 Å². The van der Waals surface area contributed by atoms with Crippen LogP contribution in [-0.2, 0) is 25.7 Å². The van der Waals surface area contributed by atoms with Crippen molar-refractivity contribution < 1.29 is 22.3 Å². The number of amides is 1. The van der Waals surface area contributed by atoms with Crippen LogP contribution >= 0.6 is 0 Å². The van der Waals surface area contributed by atoms with Crippen molar-refractivity contribution >= 4 is 45.3 Å². The van der Waals surface area contributed by atoms with E-state index >= 15 is 0 Å². The zero-order valence-corrected chi connectivity index (χ0v) is 31.5. The number of benzene rings is 2. The number of carbonyl (C=O) groups excluding carboxylic acids is 1. The zero-order valence-electron chi connectivity index (χ0n) is 30.7. The van der Waals surface area contributed by atoms with Crippen LogP contribution in [0.5, 0.6) is 0 Å². The first-order valence-corrected chi connectivity index (χ1v) is 19.1. The Kier molecular flexibility index (Phi) is 10.7. The number of anilines is 1. The summed E-state index contributed by atoms with van der Waals surface area (Å²) in [4.78, 5) is 36.7. The van der Waals surface area contributed by atoms with E-state index in [9.17, 15) is 22.6 Å². The molecule has 2 aliphatic heterocycles. The highest BCUT2D eigenvalue weighted by Gasteiger charge is 2.44. The molecule has 3 aromatic carbocycles. The number of unbranched alkanes of at least 4 members (excludes halogenated alkanes) is 2. The molecular weight excluding hydrogens is 651 g/mol. The molecule has 10 nitrogen and oxygen atoms in total. The fourth-order valence-electron chi connectivity index (χ4n) is 7.62. The molecular formula is C39H52N5O5S+. The largest absolute Gasteiger partial charge is 0.367 e. The molecule has 0 bridgehead atoms. The maximum atomic E-state index is 14.2. The second-order valence-electron chi connectivity index (χ2n) is 14.9. The number of likely N-dealkylation sites (N-methyl/N-ethyl adjacent to an activating group) is 2. The van der Waals surface area contributed by atoms with Crippen molar-refractivity contribution in [3.8, 4) is 0 Å². The minimum atomic E-state index is -4.60. The fourth-order valence-corrected chi connectivity index (χ4v) is 8.25. The second-order valence-corrected chi connectivity index (χ2v) is 16.4. The van der Waals surface area contributed by atoms with Gasteiger partial charge in [-0.25, -0.2) is 0 Å². The highest BCUT2D eigenvalue weighted by molar-refractivity contribution is 7.85. The third-order valence-corrected chi connectivity index (χ3v) is 11.3. The van der Waals surface area contributed by atoms with Gasteiger partial charge in [-0.3, -0.25) is 19.1 Å². The normalized spacial score (nSPS) is 19.8. The van der Waals surface area contributed by atoms with Crippen LogP contribution in [-0.4, -0.2) is 92.7 Å². The van der Waals surface area contributed by atoms with Gasteiger partial charge in [-0.05, 0) is 51.6 Å². The van der Waals surface area contributed by atoms with E-state index in [0.29, 0.717) is 17.0 Å². The molecule has 0 aromatic heterocycles. The zero-order chi connectivity index (χ0) is 36.6. The van der Waals surface area contributed by atoms with Crippen LogP contribution in [0.15, 0.2) is 58.3 Å². The Morgan fingerprint density at radius 2 is 1.72 bits per heavy atom.